The summed E-state index contributed by atoms with van der Waals surface area (Å²) < 4.78 is 20.5. The van der Waals surface area contributed by atoms with Crippen molar-refractivity contribution in [3.63, 3.8) is 0 Å². The second kappa shape index (κ2) is 12.6. The van der Waals surface area contributed by atoms with Gasteiger partial charge in [0.05, 0.1) is 40.0 Å². The molecule has 0 unspecified atom stereocenters. The number of allylic oxidation sites excluding steroid dienone is 1. The van der Waals surface area contributed by atoms with Crippen LogP contribution in [0.25, 0.3) is 6.08 Å². The Morgan fingerprint density at radius 1 is 1.07 bits per heavy atom. The highest BCUT2D eigenvalue weighted by atomic mass is 79.9. The zero-order chi connectivity index (χ0) is 29.1. The third-order valence-electron chi connectivity index (χ3n) is 6.51. The summed E-state index contributed by atoms with van der Waals surface area (Å²) in [6, 6.07) is 20.3. The number of nitrogens with zero attached hydrogens (tertiary/aromatic N) is 2. The van der Waals surface area contributed by atoms with Gasteiger partial charge in [-0.3, -0.25) is 9.36 Å². The van der Waals surface area contributed by atoms with E-state index in [9.17, 15) is 9.59 Å². The van der Waals surface area contributed by atoms with Crippen LogP contribution >= 0.6 is 43.2 Å². The Morgan fingerprint density at radius 2 is 1.80 bits per heavy atom. The zero-order valence-corrected chi connectivity index (χ0v) is 26.5. The summed E-state index contributed by atoms with van der Waals surface area (Å²) in [7, 11) is 1.59. The van der Waals surface area contributed by atoms with Gasteiger partial charge in [0, 0.05) is 4.47 Å². The summed E-state index contributed by atoms with van der Waals surface area (Å²) in [6.07, 6.45) is 1.82. The minimum Gasteiger partial charge on any atom is -0.497 e. The van der Waals surface area contributed by atoms with Crippen molar-refractivity contribution < 1.29 is 19.0 Å². The Labute approximate surface area is 257 Å². The van der Waals surface area contributed by atoms with Crippen LogP contribution in [0.3, 0.4) is 0 Å². The molecule has 2 heterocycles. The molecule has 4 aromatic rings. The maximum atomic E-state index is 13.8. The van der Waals surface area contributed by atoms with Crippen molar-refractivity contribution in [3.05, 3.63) is 123 Å². The maximum Gasteiger partial charge on any atom is 0.338 e. The summed E-state index contributed by atoms with van der Waals surface area (Å²) in [5.74, 6) is 0.877. The van der Waals surface area contributed by atoms with E-state index in [1.807, 2.05) is 60.7 Å². The standard InChI is InChI=1S/C31H26Br2N2O5S/c1-4-39-30(37)27-18(2)34-31-35(28(27)21-8-12-23(38-3)13-9-21)29(36)26(41-31)16-20-7-14-25(24(33)15-20)40-17-19-5-10-22(32)11-6-19/h5-16,28H,4,17H2,1-3H3/b26-16-/t28-/m0/s1. The number of halogens is 2. The number of carbonyl (C=O) groups is 1. The molecule has 10 heteroatoms. The van der Waals surface area contributed by atoms with Gasteiger partial charge < -0.3 is 14.2 Å². The van der Waals surface area contributed by atoms with Crippen molar-refractivity contribution in [2.75, 3.05) is 13.7 Å². The molecule has 0 N–H and O–H groups in total. The summed E-state index contributed by atoms with van der Waals surface area (Å²) in [5.41, 5.74) is 3.24. The number of benzene rings is 3. The van der Waals surface area contributed by atoms with E-state index in [1.54, 1.807) is 37.7 Å². The molecule has 0 amide bonds. The third kappa shape index (κ3) is 6.24. The highest BCUT2D eigenvalue weighted by Crippen LogP contribution is 2.32. The lowest BCUT2D eigenvalue weighted by Gasteiger charge is -2.24. The molecule has 0 spiro atoms. The largest absolute Gasteiger partial charge is 0.497 e. The minimum absolute atomic E-state index is 0.215. The minimum atomic E-state index is -0.681. The van der Waals surface area contributed by atoms with Crippen molar-refractivity contribution in [2.24, 2.45) is 4.99 Å². The number of carbonyl (C=O) groups excluding carboxylic acids is 1. The van der Waals surface area contributed by atoms with Gasteiger partial charge in [0.25, 0.3) is 5.56 Å². The Balaban J connectivity index is 1.51. The number of fused-ring (bicyclic) bond motifs is 1. The predicted molar refractivity (Wildman–Crippen MR) is 166 cm³/mol. The van der Waals surface area contributed by atoms with E-state index in [4.69, 9.17) is 14.2 Å². The SMILES string of the molecule is CCOC(=O)C1=C(C)N=c2s/c(=C\c3ccc(OCc4ccc(Br)cc4)c(Br)c3)c(=O)n2[C@H]1c1ccc(OC)cc1. The second-order valence-electron chi connectivity index (χ2n) is 9.18. The first kappa shape index (κ1) is 29.0. The first-order valence-electron chi connectivity index (χ1n) is 12.8. The Bertz CT molecular complexity index is 1810. The van der Waals surface area contributed by atoms with Gasteiger partial charge in [0.15, 0.2) is 4.80 Å². The topological polar surface area (TPSA) is 79.1 Å². The average Bonchev–Trinajstić information content (AvgIpc) is 3.26. The Hall–Kier alpha value is -3.47. The molecule has 1 atom stereocenters. The molecular weight excluding hydrogens is 672 g/mol. The van der Waals surface area contributed by atoms with Gasteiger partial charge in [-0.2, -0.15) is 0 Å². The van der Waals surface area contributed by atoms with Crippen LogP contribution in [0.2, 0.25) is 0 Å². The van der Waals surface area contributed by atoms with Crippen LogP contribution in [0, 0.1) is 0 Å². The van der Waals surface area contributed by atoms with Crippen LogP contribution in [0.5, 0.6) is 11.5 Å². The van der Waals surface area contributed by atoms with Crippen LogP contribution in [0.15, 0.2) is 96.7 Å². The van der Waals surface area contributed by atoms with Crippen molar-refractivity contribution >= 4 is 55.2 Å². The fraction of sp³-hybridized carbons (Fsp3) is 0.194. The molecule has 0 fully saturated rings. The van der Waals surface area contributed by atoms with E-state index in [2.05, 4.69) is 36.9 Å². The lowest BCUT2D eigenvalue weighted by atomic mass is 9.96. The van der Waals surface area contributed by atoms with Crippen LogP contribution in [-0.2, 0) is 16.1 Å². The summed E-state index contributed by atoms with van der Waals surface area (Å²) in [5, 5.41) is 0. The first-order chi connectivity index (χ1) is 19.8. The summed E-state index contributed by atoms with van der Waals surface area (Å²) in [4.78, 5) is 32.0. The summed E-state index contributed by atoms with van der Waals surface area (Å²) >= 11 is 8.32. The molecule has 41 heavy (non-hydrogen) atoms. The van der Waals surface area contributed by atoms with Gasteiger partial charge >= 0.3 is 5.97 Å². The molecule has 210 valence electrons. The number of hydrogen-bond donors (Lipinski definition) is 0. The molecule has 1 aliphatic heterocycles. The van der Waals surface area contributed by atoms with Gasteiger partial charge in [0.1, 0.15) is 18.1 Å². The normalized spacial score (nSPS) is 14.9. The number of methoxy groups -OCH3 is 1. The Kier molecular flexibility index (Phi) is 8.91. The predicted octanol–water partition coefficient (Wildman–Crippen LogP) is 5.91. The molecule has 3 aromatic carbocycles. The number of ether oxygens (including phenoxy) is 3. The summed E-state index contributed by atoms with van der Waals surface area (Å²) in [6.45, 7) is 4.16. The van der Waals surface area contributed by atoms with Crippen molar-refractivity contribution in [2.45, 2.75) is 26.5 Å². The van der Waals surface area contributed by atoms with Gasteiger partial charge in [-0.1, -0.05) is 57.6 Å². The van der Waals surface area contributed by atoms with Crippen LogP contribution in [0.4, 0.5) is 0 Å². The molecule has 0 aliphatic carbocycles. The first-order valence-corrected chi connectivity index (χ1v) is 15.2. The Morgan fingerprint density at radius 3 is 2.46 bits per heavy atom. The van der Waals surface area contributed by atoms with Crippen molar-refractivity contribution in [3.8, 4) is 11.5 Å². The van der Waals surface area contributed by atoms with Crippen LogP contribution in [-0.4, -0.2) is 24.3 Å². The molecule has 1 aliphatic rings. The van der Waals surface area contributed by atoms with Crippen LogP contribution in [0.1, 0.15) is 36.6 Å². The number of aromatic nitrogens is 1. The van der Waals surface area contributed by atoms with Gasteiger partial charge in [-0.05, 0) is 88.9 Å². The van der Waals surface area contributed by atoms with Gasteiger partial charge in [-0.15, -0.1) is 0 Å². The fourth-order valence-corrected chi connectivity index (χ4v) is 6.33. The molecular formula is C31H26Br2N2O5S. The van der Waals surface area contributed by atoms with E-state index < -0.39 is 12.0 Å². The van der Waals surface area contributed by atoms with Crippen molar-refractivity contribution in [1.29, 1.82) is 0 Å². The molecule has 7 nitrogen and oxygen atoms in total. The van der Waals surface area contributed by atoms with E-state index in [0.717, 1.165) is 25.6 Å². The lowest BCUT2D eigenvalue weighted by Crippen LogP contribution is -2.39. The molecule has 0 radical (unpaired) electrons. The smallest absolute Gasteiger partial charge is 0.338 e. The maximum absolute atomic E-state index is 13.8. The number of hydrogen-bond acceptors (Lipinski definition) is 7. The highest BCUT2D eigenvalue weighted by molar-refractivity contribution is 9.10. The highest BCUT2D eigenvalue weighted by Gasteiger charge is 2.33. The second-order valence-corrected chi connectivity index (χ2v) is 12.0. The quantitative estimate of drug-likeness (QED) is 0.214. The monoisotopic (exact) mass is 696 g/mol. The third-order valence-corrected chi connectivity index (χ3v) is 8.64. The number of thiazole rings is 1. The fourth-order valence-electron chi connectivity index (χ4n) is 4.51. The van der Waals surface area contributed by atoms with E-state index in [-0.39, 0.29) is 12.2 Å². The number of esters is 1. The molecule has 0 bridgehead atoms. The van der Waals surface area contributed by atoms with E-state index in [1.165, 1.54) is 11.3 Å². The van der Waals surface area contributed by atoms with Crippen molar-refractivity contribution in [1.82, 2.24) is 4.57 Å². The average molecular weight is 698 g/mol. The molecule has 1 aromatic heterocycles. The van der Waals surface area contributed by atoms with Gasteiger partial charge in [-0.25, -0.2) is 9.79 Å². The molecule has 0 saturated heterocycles. The van der Waals surface area contributed by atoms with Crippen LogP contribution < -0.4 is 24.4 Å². The number of rotatable bonds is 8. The molecule has 5 rings (SSSR count). The van der Waals surface area contributed by atoms with E-state index >= 15 is 0 Å². The zero-order valence-electron chi connectivity index (χ0n) is 22.5. The lowest BCUT2D eigenvalue weighted by molar-refractivity contribution is -0.139. The van der Waals surface area contributed by atoms with E-state index in [0.29, 0.717) is 38.7 Å². The molecule has 0 saturated carbocycles. The van der Waals surface area contributed by atoms with Gasteiger partial charge in [0.2, 0.25) is 0 Å².